The van der Waals surface area contributed by atoms with Crippen molar-refractivity contribution in [1.29, 1.82) is 0 Å². The molecule has 1 nitrogen and oxygen atoms in total. The molecule has 1 fully saturated rings. The highest BCUT2D eigenvalue weighted by Gasteiger charge is 2.24. The summed E-state index contributed by atoms with van der Waals surface area (Å²) in [4.78, 5) is 0. The van der Waals surface area contributed by atoms with E-state index in [9.17, 15) is 0 Å². The minimum Gasteiger partial charge on any atom is -0.301 e. The highest BCUT2D eigenvalue weighted by molar-refractivity contribution is 5.00. The van der Waals surface area contributed by atoms with Crippen LogP contribution in [0.3, 0.4) is 0 Å². The first-order valence-electron chi connectivity index (χ1n) is 5.50. The van der Waals surface area contributed by atoms with E-state index in [-0.39, 0.29) is 0 Å². The van der Waals surface area contributed by atoms with Crippen LogP contribution in [0, 0.1) is 18.3 Å². The molecule has 1 rings (SSSR count). The van der Waals surface area contributed by atoms with E-state index in [2.05, 4.69) is 25.1 Å². The van der Waals surface area contributed by atoms with Gasteiger partial charge in [0.15, 0.2) is 0 Å². The molecule has 0 saturated heterocycles. The molecule has 0 aliphatic heterocycles. The fourth-order valence-corrected chi connectivity index (χ4v) is 2.15. The molecule has 0 bridgehead atoms. The van der Waals surface area contributed by atoms with Crippen LogP contribution in [0.4, 0.5) is 0 Å². The number of terminal acetylenes is 1. The zero-order chi connectivity index (χ0) is 9.68. The van der Waals surface area contributed by atoms with E-state index in [1.54, 1.807) is 0 Å². The Kier molecular flexibility index (Phi) is 4.32. The fraction of sp³-hybridized carbons (Fsp3) is 0.833. The second kappa shape index (κ2) is 5.29. The van der Waals surface area contributed by atoms with E-state index >= 15 is 0 Å². The van der Waals surface area contributed by atoms with Crippen LogP contribution in [-0.2, 0) is 0 Å². The fourth-order valence-electron chi connectivity index (χ4n) is 2.15. The summed E-state index contributed by atoms with van der Waals surface area (Å²) in [5.41, 5.74) is 0. The van der Waals surface area contributed by atoms with Crippen molar-refractivity contribution in [2.45, 2.75) is 58.0 Å². The van der Waals surface area contributed by atoms with Gasteiger partial charge in [0.1, 0.15) is 0 Å². The number of rotatable bonds is 4. The summed E-state index contributed by atoms with van der Waals surface area (Å²) in [6, 6.07) is 0.975. The van der Waals surface area contributed by atoms with Gasteiger partial charge in [0.2, 0.25) is 0 Å². The molecular weight excluding hydrogens is 158 g/mol. The van der Waals surface area contributed by atoms with Crippen LogP contribution in [0.5, 0.6) is 0 Å². The van der Waals surface area contributed by atoms with Gasteiger partial charge in [0.05, 0.1) is 6.04 Å². The van der Waals surface area contributed by atoms with Gasteiger partial charge in [-0.05, 0) is 25.2 Å². The third-order valence-corrected chi connectivity index (χ3v) is 3.06. The van der Waals surface area contributed by atoms with Gasteiger partial charge in [-0.2, -0.15) is 0 Å². The summed E-state index contributed by atoms with van der Waals surface area (Å²) in [5.74, 6) is 3.65. The summed E-state index contributed by atoms with van der Waals surface area (Å²) in [5, 5.41) is 3.58. The average molecular weight is 179 g/mol. The third-order valence-electron chi connectivity index (χ3n) is 3.06. The van der Waals surface area contributed by atoms with Crippen molar-refractivity contribution in [1.82, 2.24) is 5.32 Å². The molecule has 0 aromatic carbocycles. The van der Waals surface area contributed by atoms with Gasteiger partial charge < -0.3 is 5.32 Å². The van der Waals surface area contributed by atoms with Gasteiger partial charge in [0, 0.05) is 6.04 Å². The molecule has 1 aliphatic carbocycles. The maximum atomic E-state index is 5.47. The summed E-state index contributed by atoms with van der Waals surface area (Å²) in [7, 11) is 0. The predicted octanol–water partition coefficient (Wildman–Crippen LogP) is 2.57. The first kappa shape index (κ1) is 10.6. The van der Waals surface area contributed by atoms with Crippen LogP contribution < -0.4 is 5.32 Å². The largest absolute Gasteiger partial charge is 0.301 e. The standard InChI is InChI=1S/C12H21N/c1-4-7-11(5-2)13-12-9-6-8-10(12)3/h2,10-13H,4,6-9H2,1,3H3. The van der Waals surface area contributed by atoms with Crippen LogP contribution >= 0.6 is 0 Å². The molecular formula is C12H21N. The van der Waals surface area contributed by atoms with Crippen LogP contribution in [0.25, 0.3) is 0 Å². The lowest BCUT2D eigenvalue weighted by Crippen LogP contribution is -2.38. The minimum absolute atomic E-state index is 0.301. The third kappa shape index (κ3) is 3.04. The van der Waals surface area contributed by atoms with E-state index < -0.39 is 0 Å². The van der Waals surface area contributed by atoms with E-state index in [1.807, 2.05) is 0 Å². The zero-order valence-electron chi connectivity index (χ0n) is 8.84. The maximum Gasteiger partial charge on any atom is 0.0689 e. The first-order valence-corrected chi connectivity index (χ1v) is 5.50. The Balaban J connectivity index is 2.33. The average Bonchev–Trinajstić information content (AvgIpc) is 2.51. The Labute approximate surface area is 82.3 Å². The van der Waals surface area contributed by atoms with Crippen LogP contribution in [0.1, 0.15) is 46.0 Å². The molecule has 0 aromatic rings. The lowest BCUT2D eigenvalue weighted by Gasteiger charge is -2.21. The van der Waals surface area contributed by atoms with Crippen molar-refractivity contribution in [2.24, 2.45) is 5.92 Å². The van der Waals surface area contributed by atoms with Crippen molar-refractivity contribution < 1.29 is 0 Å². The highest BCUT2D eigenvalue weighted by Crippen LogP contribution is 2.25. The monoisotopic (exact) mass is 179 g/mol. The lowest BCUT2D eigenvalue weighted by molar-refractivity contribution is 0.394. The molecule has 1 aliphatic rings. The van der Waals surface area contributed by atoms with E-state index in [4.69, 9.17) is 6.42 Å². The smallest absolute Gasteiger partial charge is 0.0689 e. The molecule has 0 heterocycles. The summed E-state index contributed by atoms with van der Waals surface area (Å²) in [6.07, 6.45) is 11.8. The minimum atomic E-state index is 0.301. The van der Waals surface area contributed by atoms with E-state index in [0.29, 0.717) is 12.1 Å². The molecule has 0 spiro atoms. The SMILES string of the molecule is C#CC(CCC)NC1CCCC1C. The van der Waals surface area contributed by atoms with E-state index in [0.717, 1.165) is 12.3 Å². The summed E-state index contributed by atoms with van der Waals surface area (Å²) < 4.78 is 0. The number of hydrogen-bond acceptors (Lipinski definition) is 1. The number of nitrogens with one attached hydrogen (secondary N) is 1. The Hall–Kier alpha value is -0.480. The predicted molar refractivity (Wildman–Crippen MR) is 57.5 cm³/mol. The van der Waals surface area contributed by atoms with Crippen LogP contribution in [0.2, 0.25) is 0 Å². The Morgan fingerprint density at radius 1 is 1.54 bits per heavy atom. The lowest BCUT2D eigenvalue weighted by atomic mass is 10.0. The maximum absolute atomic E-state index is 5.47. The molecule has 13 heavy (non-hydrogen) atoms. The van der Waals surface area contributed by atoms with Gasteiger partial charge in [-0.3, -0.25) is 0 Å². The summed E-state index contributed by atoms with van der Waals surface area (Å²) in [6.45, 7) is 4.51. The van der Waals surface area contributed by atoms with Gasteiger partial charge in [-0.15, -0.1) is 6.42 Å². The van der Waals surface area contributed by atoms with Crippen molar-refractivity contribution >= 4 is 0 Å². The van der Waals surface area contributed by atoms with Crippen LogP contribution in [0.15, 0.2) is 0 Å². The Bertz CT molecular complexity index is 180. The van der Waals surface area contributed by atoms with Gasteiger partial charge in [-0.1, -0.05) is 32.6 Å². The topological polar surface area (TPSA) is 12.0 Å². The normalized spacial score (nSPS) is 29.9. The van der Waals surface area contributed by atoms with E-state index in [1.165, 1.54) is 25.7 Å². The van der Waals surface area contributed by atoms with Gasteiger partial charge in [-0.25, -0.2) is 0 Å². The Morgan fingerprint density at radius 3 is 2.77 bits per heavy atom. The quantitative estimate of drug-likeness (QED) is 0.654. The number of hydrogen-bond donors (Lipinski definition) is 1. The molecule has 0 radical (unpaired) electrons. The van der Waals surface area contributed by atoms with Gasteiger partial charge in [0.25, 0.3) is 0 Å². The molecule has 1 heteroatoms. The molecule has 0 amide bonds. The molecule has 74 valence electrons. The van der Waals surface area contributed by atoms with Crippen LogP contribution in [-0.4, -0.2) is 12.1 Å². The molecule has 1 N–H and O–H groups in total. The second-order valence-electron chi connectivity index (χ2n) is 4.19. The molecule has 3 unspecified atom stereocenters. The first-order chi connectivity index (χ1) is 6.27. The molecule has 0 aromatic heterocycles. The molecule has 3 atom stereocenters. The van der Waals surface area contributed by atoms with Gasteiger partial charge >= 0.3 is 0 Å². The van der Waals surface area contributed by atoms with Crippen molar-refractivity contribution in [3.8, 4) is 12.3 Å². The van der Waals surface area contributed by atoms with Crippen molar-refractivity contribution in [3.63, 3.8) is 0 Å². The van der Waals surface area contributed by atoms with Crippen molar-refractivity contribution in [3.05, 3.63) is 0 Å². The Morgan fingerprint density at radius 2 is 2.31 bits per heavy atom. The highest BCUT2D eigenvalue weighted by atomic mass is 15.0. The summed E-state index contributed by atoms with van der Waals surface area (Å²) >= 11 is 0. The second-order valence-corrected chi connectivity index (χ2v) is 4.19. The molecule has 1 saturated carbocycles. The van der Waals surface area contributed by atoms with Crippen molar-refractivity contribution in [2.75, 3.05) is 0 Å². The zero-order valence-corrected chi connectivity index (χ0v) is 8.84.